The molecule has 13 heavy (non-hydrogen) atoms. The number of hydrogen-bond donors (Lipinski definition) is 2. The van der Waals surface area contributed by atoms with E-state index in [1.54, 1.807) is 7.11 Å². The molecule has 0 saturated carbocycles. The fraction of sp³-hybridized carbons (Fsp3) is 0.333. The molecule has 72 valence electrons. The molecular weight excluding hydrogens is 279 g/mol. The molecule has 4 heteroatoms. The van der Waals surface area contributed by atoms with Crippen LogP contribution in [-0.4, -0.2) is 13.7 Å². The standard InChI is InChI=1S/C9H13IN2O/c1-13-6-9(12-10)7-2-4-8(11)5-3-7/h2-5,9,12H,6,11H2,1H3. The van der Waals surface area contributed by atoms with E-state index in [1.807, 2.05) is 24.3 Å². The Hall–Kier alpha value is -0.330. The van der Waals surface area contributed by atoms with Gasteiger partial charge in [-0.05, 0) is 17.7 Å². The average Bonchev–Trinajstić information content (AvgIpc) is 2.16. The predicted octanol–water partition coefficient (Wildman–Crippen LogP) is 1.90. The average molecular weight is 292 g/mol. The van der Waals surface area contributed by atoms with Gasteiger partial charge in [-0.2, -0.15) is 0 Å². The Kier molecular flexibility index (Phi) is 4.47. The molecule has 1 rings (SSSR count). The van der Waals surface area contributed by atoms with Gasteiger partial charge in [0.25, 0.3) is 0 Å². The molecule has 0 aliphatic carbocycles. The zero-order chi connectivity index (χ0) is 9.68. The molecule has 1 aromatic rings. The third-order valence-corrected chi connectivity index (χ3v) is 2.56. The first-order valence-corrected chi connectivity index (χ1v) is 5.06. The maximum absolute atomic E-state index is 5.59. The normalized spacial score (nSPS) is 12.8. The first kappa shape index (κ1) is 10.7. The number of halogens is 1. The van der Waals surface area contributed by atoms with E-state index in [2.05, 4.69) is 26.4 Å². The molecule has 0 spiro atoms. The van der Waals surface area contributed by atoms with Gasteiger partial charge in [0.2, 0.25) is 0 Å². The first-order valence-electron chi connectivity index (χ1n) is 3.98. The largest absolute Gasteiger partial charge is 0.399 e. The van der Waals surface area contributed by atoms with Crippen molar-refractivity contribution in [2.75, 3.05) is 19.5 Å². The van der Waals surface area contributed by atoms with Crippen LogP contribution in [-0.2, 0) is 4.74 Å². The van der Waals surface area contributed by atoms with Gasteiger partial charge in [-0.25, -0.2) is 0 Å². The molecule has 1 aromatic carbocycles. The Morgan fingerprint density at radius 1 is 1.46 bits per heavy atom. The summed E-state index contributed by atoms with van der Waals surface area (Å²) in [5, 5.41) is 0. The van der Waals surface area contributed by atoms with Crippen molar-refractivity contribution in [1.29, 1.82) is 0 Å². The molecule has 0 saturated heterocycles. The van der Waals surface area contributed by atoms with Crippen LogP contribution in [0.15, 0.2) is 24.3 Å². The Morgan fingerprint density at radius 2 is 2.08 bits per heavy atom. The van der Waals surface area contributed by atoms with Crippen molar-refractivity contribution in [1.82, 2.24) is 3.53 Å². The molecule has 1 atom stereocenters. The second-order valence-electron chi connectivity index (χ2n) is 2.78. The summed E-state index contributed by atoms with van der Waals surface area (Å²) in [5.41, 5.74) is 7.56. The van der Waals surface area contributed by atoms with Gasteiger partial charge in [-0.3, -0.25) is 3.53 Å². The van der Waals surface area contributed by atoms with E-state index in [1.165, 1.54) is 5.56 Å². The maximum Gasteiger partial charge on any atom is 0.0664 e. The number of anilines is 1. The zero-order valence-electron chi connectivity index (χ0n) is 7.46. The third kappa shape index (κ3) is 3.13. The van der Waals surface area contributed by atoms with Gasteiger partial charge < -0.3 is 10.5 Å². The Balaban J connectivity index is 2.73. The van der Waals surface area contributed by atoms with E-state index in [-0.39, 0.29) is 6.04 Å². The van der Waals surface area contributed by atoms with Gasteiger partial charge >= 0.3 is 0 Å². The molecule has 0 fully saturated rings. The summed E-state index contributed by atoms with van der Waals surface area (Å²) in [4.78, 5) is 0. The number of benzene rings is 1. The van der Waals surface area contributed by atoms with Crippen molar-refractivity contribution in [2.24, 2.45) is 0 Å². The lowest BCUT2D eigenvalue weighted by Gasteiger charge is -2.14. The van der Waals surface area contributed by atoms with Crippen LogP contribution >= 0.6 is 22.9 Å². The van der Waals surface area contributed by atoms with Crippen molar-refractivity contribution in [3.05, 3.63) is 29.8 Å². The lowest BCUT2D eigenvalue weighted by molar-refractivity contribution is 0.178. The maximum atomic E-state index is 5.59. The van der Waals surface area contributed by atoms with Crippen LogP contribution in [0, 0.1) is 0 Å². The number of ether oxygens (including phenoxy) is 1. The van der Waals surface area contributed by atoms with Gasteiger partial charge in [0.1, 0.15) is 0 Å². The van der Waals surface area contributed by atoms with E-state index in [0.29, 0.717) is 6.61 Å². The molecule has 0 aromatic heterocycles. The first-order chi connectivity index (χ1) is 6.27. The summed E-state index contributed by atoms with van der Waals surface area (Å²) in [6.07, 6.45) is 0. The second kappa shape index (κ2) is 5.41. The van der Waals surface area contributed by atoms with E-state index in [0.717, 1.165) is 5.69 Å². The van der Waals surface area contributed by atoms with Crippen molar-refractivity contribution < 1.29 is 4.74 Å². The third-order valence-electron chi connectivity index (χ3n) is 1.80. The van der Waals surface area contributed by atoms with Gasteiger partial charge in [-0.15, -0.1) is 0 Å². The Bertz CT molecular complexity index is 250. The quantitative estimate of drug-likeness (QED) is 0.506. The van der Waals surface area contributed by atoms with Crippen molar-refractivity contribution >= 4 is 28.6 Å². The number of nitrogen functional groups attached to an aromatic ring is 1. The summed E-state index contributed by atoms with van der Waals surface area (Å²) >= 11 is 2.12. The highest BCUT2D eigenvalue weighted by Crippen LogP contribution is 2.16. The lowest BCUT2D eigenvalue weighted by Crippen LogP contribution is -2.16. The topological polar surface area (TPSA) is 47.3 Å². The summed E-state index contributed by atoms with van der Waals surface area (Å²) in [6.45, 7) is 0.660. The van der Waals surface area contributed by atoms with Gasteiger partial charge in [0, 0.05) is 35.7 Å². The molecule has 0 aliphatic heterocycles. The number of hydrogen-bond acceptors (Lipinski definition) is 3. The van der Waals surface area contributed by atoms with E-state index in [4.69, 9.17) is 10.5 Å². The highest BCUT2D eigenvalue weighted by Gasteiger charge is 2.08. The molecule has 0 bridgehead atoms. The van der Waals surface area contributed by atoms with Crippen molar-refractivity contribution in [3.63, 3.8) is 0 Å². The summed E-state index contributed by atoms with van der Waals surface area (Å²) in [7, 11) is 1.69. The predicted molar refractivity (Wildman–Crippen MR) is 62.6 cm³/mol. The SMILES string of the molecule is COCC(NI)c1ccc(N)cc1. The smallest absolute Gasteiger partial charge is 0.0664 e. The second-order valence-corrected chi connectivity index (χ2v) is 3.41. The van der Waals surface area contributed by atoms with Crippen LogP contribution in [0.2, 0.25) is 0 Å². The number of rotatable bonds is 4. The fourth-order valence-electron chi connectivity index (χ4n) is 1.09. The fourth-order valence-corrected chi connectivity index (χ4v) is 1.63. The lowest BCUT2D eigenvalue weighted by atomic mass is 10.1. The molecule has 3 nitrogen and oxygen atoms in total. The molecule has 3 N–H and O–H groups in total. The van der Waals surface area contributed by atoms with Gasteiger partial charge in [0.05, 0.1) is 12.6 Å². The van der Waals surface area contributed by atoms with E-state index < -0.39 is 0 Å². The molecule has 1 unspecified atom stereocenters. The van der Waals surface area contributed by atoms with Crippen LogP contribution in [0.1, 0.15) is 11.6 Å². The summed E-state index contributed by atoms with van der Waals surface area (Å²) < 4.78 is 8.22. The molecular formula is C9H13IN2O. The minimum absolute atomic E-state index is 0.228. The minimum Gasteiger partial charge on any atom is -0.399 e. The van der Waals surface area contributed by atoms with Crippen LogP contribution in [0.5, 0.6) is 0 Å². The van der Waals surface area contributed by atoms with E-state index >= 15 is 0 Å². The minimum atomic E-state index is 0.228. The molecule has 0 radical (unpaired) electrons. The number of nitrogens with two attached hydrogens (primary N) is 1. The zero-order valence-corrected chi connectivity index (χ0v) is 9.61. The van der Waals surface area contributed by atoms with Gasteiger partial charge in [0.15, 0.2) is 0 Å². The van der Waals surface area contributed by atoms with Crippen molar-refractivity contribution in [2.45, 2.75) is 6.04 Å². The van der Waals surface area contributed by atoms with Crippen LogP contribution in [0.3, 0.4) is 0 Å². The summed E-state index contributed by atoms with van der Waals surface area (Å²) in [6, 6.07) is 8.03. The van der Waals surface area contributed by atoms with E-state index in [9.17, 15) is 0 Å². The monoisotopic (exact) mass is 292 g/mol. The van der Waals surface area contributed by atoms with Crippen molar-refractivity contribution in [3.8, 4) is 0 Å². The van der Waals surface area contributed by atoms with Gasteiger partial charge in [-0.1, -0.05) is 12.1 Å². The number of methoxy groups -OCH3 is 1. The number of nitrogens with one attached hydrogen (secondary N) is 1. The highest BCUT2D eigenvalue weighted by atomic mass is 127. The van der Waals surface area contributed by atoms with Crippen LogP contribution < -0.4 is 9.26 Å². The Morgan fingerprint density at radius 3 is 2.54 bits per heavy atom. The summed E-state index contributed by atoms with van der Waals surface area (Å²) in [5.74, 6) is 0. The molecule has 0 heterocycles. The highest BCUT2D eigenvalue weighted by molar-refractivity contribution is 14.1. The van der Waals surface area contributed by atoms with Crippen LogP contribution in [0.4, 0.5) is 5.69 Å². The Labute approximate surface area is 92.1 Å². The van der Waals surface area contributed by atoms with Crippen LogP contribution in [0.25, 0.3) is 0 Å². The molecule has 0 amide bonds. The molecule has 0 aliphatic rings.